The van der Waals surface area contributed by atoms with E-state index < -0.39 is 5.97 Å². The molecule has 0 spiro atoms. The molecular weight excluding hydrogens is 428 g/mol. The van der Waals surface area contributed by atoms with Gasteiger partial charge in [-0.05, 0) is 65.6 Å². The highest BCUT2D eigenvalue weighted by molar-refractivity contribution is 6.30. The first-order valence-corrected chi connectivity index (χ1v) is 10.4. The lowest BCUT2D eigenvalue weighted by Gasteiger charge is -2.08. The lowest BCUT2D eigenvalue weighted by Crippen LogP contribution is -2.24. The van der Waals surface area contributed by atoms with E-state index in [1.165, 1.54) is 11.8 Å². The Bertz CT molecular complexity index is 1090. The molecule has 0 radical (unpaired) electrons. The summed E-state index contributed by atoms with van der Waals surface area (Å²) in [6, 6.07) is 20.8. The van der Waals surface area contributed by atoms with Crippen molar-refractivity contribution in [1.29, 1.82) is 0 Å². The van der Waals surface area contributed by atoms with Gasteiger partial charge in [-0.15, -0.1) is 0 Å². The van der Waals surface area contributed by atoms with Crippen LogP contribution < -0.4 is 14.9 Å². The summed E-state index contributed by atoms with van der Waals surface area (Å²) >= 11 is 5.83. The molecule has 3 aromatic carbocycles. The van der Waals surface area contributed by atoms with Crippen LogP contribution in [0.15, 0.2) is 77.9 Å². The number of halogens is 1. The van der Waals surface area contributed by atoms with Gasteiger partial charge >= 0.3 is 5.97 Å². The van der Waals surface area contributed by atoms with Gasteiger partial charge < -0.3 is 9.47 Å². The predicted molar refractivity (Wildman–Crippen MR) is 125 cm³/mol. The van der Waals surface area contributed by atoms with Crippen molar-refractivity contribution in [3.8, 4) is 11.5 Å². The average Bonchev–Trinajstić information content (AvgIpc) is 2.78. The van der Waals surface area contributed by atoms with E-state index in [0.29, 0.717) is 33.6 Å². The van der Waals surface area contributed by atoms with E-state index >= 15 is 0 Å². The molecule has 0 aliphatic carbocycles. The number of hydrogen-bond donors (Lipinski definition) is 1. The second-order valence-electron chi connectivity index (χ2n) is 7.27. The molecule has 3 aromatic rings. The van der Waals surface area contributed by atoms with Crippen LogP contribution in [0, 0.1) is 0 Å². The van der Waals surface area contributed by atoms with Crippen molar-refractivity contribution in [1.82, 2.24) is 5.43 Å². The molecule has 0 heterocycles. The Balaban J connectivity index is 1.49. The zero-order chi connectivity index (χ0) is 22.9. The van der Waals surface area contributed by atoms with Crippen LogP contribution in [0.1, 0.15) is 41.3 Å². The molecule has 0 aliphatic rings. The molecule has 1 amide bonds. The maximum absolute atomic E-state index is 12.2. The molecule has 0 fully saturated rings. The van der Waals surface area contributed by atoms with Crippen molar-refractivity contribution >= 4 is 29.7 Å². The first-order chi connectivity index (χ1) is 15.4. The fourth-order valence-electron chi connectivity index (χ4n) is 2.72. The Labute approximate surface area is 191 Å². The molecule has 0 atom stereocenters. The highest BCUT2D eigenvalue weighted by atomic mass is 35.5. The molecule has 0 unspecified atom stereocenters. The zero-order valence-corrected chi connectivity index (χ0v) is 18.5. The number of hydrogen-bond acceptors (Lipinski definition) is 5. The Kier molecular flexibility index (Phi) is 8.00. The van der Waals surface area contributed by atoms with Gasteiger partial charge in [-0.3, -0.25) is 4.79 Å². The summed E-state index contributed by atoms with van der Waals surface area (Å²) in [5.74, 6) is 0.514. The molecular formula is C25H23ClN2O4. The molecule has 0 saturated heterocycles. The molecule has 0 bridgehead atoms. The van der Waals surface area contributed by atoms with Crippen molar-refractivity contribution in [2.45, 2.75) is 19.8 Å². The topological polar surface area (TPSA) is 77.0 Å². The minimum Gasteiger partial charge on any atom is -0.484 e. The summed E-state index contributed by atoms with van der Waals surface area (Å²) in [7, 11) is 0. The van der Waals surface area contributed by atoms with E-state index in [-0.39, 0.29) is 12.5 Å². The van der Waals surface area contributed by atoms with Crippen LogP contribution in [0.3, 0.4) is 0 Å². The number of esters is 1. The fraction of sp³-hybridized carbons (Fsp3) is 0.160. The number of amides is 1. The SMILES string of the molecule is CC(C)c1ccc(OCC(=O)N/N=C/c2cccc(OC(=O)c3ccc(Cl)cc3)c2)cc1. The van der Waals surface area contributed by atoms with Crippen LogP contribution in [0.25, 0.3) is 0 Å². The van der Waals surface area contributed by atoms with Gasteiger partial charge in [0.15, 0.2) is 6.61 Å². The number of hydrazone groups is 1. The molecule has 0 aromatic heterocycles. The van der Waals surface area contributed by atoms with Crippen molar-refractivity contribution in [3.63, 3.8) is 0 Å². The van der Waals surface area contributed by atoms with E-state index in [0.717, 1.165) is 0 Å². The lowest BCUT2D eigenvalue weighted by atomic mass is 10.0. The van der Waals surface area contributed by atoms with Crippen molar-refractivity contribution in [2.24, 2.45) is 5.10 Å². The third kappa shape index (κ3) is 6.96. The normalized spacial score (nSPS) is 10.9. The predicted octanol–water partition coefficient (Wildman–Crippen LogP) is 5.21. The standard InChI is InChI=1S/C25H23ClN2O4/c1-17(2)19-8-12-22(13-9-19)31-16-24(29)28-27-15-18-4-3-5-23(14-18)32-25(30)20-6-10-21(26)11-7-20/h3-15,17H,16H2,1-2H3,(H,28,29)/b27-15+. The maximum Gasteiger partial charge on any atom is 0.343 e. The summed E-state index contributed by atoms with van der Waals surface area (Å²) in [5.41, 5.74) is 4.65. The summed E-state index contributed by atoms with van der Waals surface area (Å²) in [6.07, 6.45) is 1.45. The third-order valence-corrected chi connectivity index (χ3v) is 4.72. The maximum atomic E-state index is 12.2. The van der Waals surface area contributed by atoms with Crippen LogP contribution in [0.5, 0.6) is 11.5 Å². The van der Waals surface area contributed by atoms with Gasteiger partial charge in [0.1, 0.15) is 11.5 Å². The molecule has 0 saturated carbocycles. The second-order valence-corrected chi connectivity index (χ2v) is 7.71. The number of carbonyl (C=O) groups is 2. The van der Waals surface area contributed by atoms with Crippen LogP contribution in [0.4, 0.5) is 0 Å². The van der Waals surface area contributed by atoms with Gasteiger partial charge in [0.05, 0.1) is 11.8 Å². The first-order valence-electron chi connectivity index (χ1n) is 10.0. The summed E-state index contributed by atoms with van der Waals surface area (Å²) in [4.78, 5) is 24.2. The van der Waals surface area contributed by atoms with E-state index in [9.17, 15) is 9.59 Å². The van der Waals surface area contributed by atoms with E-state index in [2.05, 4.69) is 24.4 Å². The number of ether oxygens (including phenoxy) is 2. The number of nitrogens with zero attached hydrogens (tertiary/aromatic N) is 1. The zero-order valence-electron chi connectivity index (χ0n) is 17.7. The highest BCUT2D eigenvalue weighted by Gasteiger charge is 2.09. The van der Waals surface area contributed by atoms with Gasteiger partial charge in [0.2, 0.25) is 0 Å². The van der Waals surface area contributed by atoms with Gasteiger partial charge in [-0.1, -0.05) is 49.7 Å². The molecule has 32 heavy (non-hydrogen) atoms. The Hall–Kier alpha value is -3.64. The largest absolute Gasteiger partial charge is 0.484 e. The highest BCUT2D eigenvalue weighted by Crippen LogP contribution is 2.18. The van der Waals surface area contributed by atoms with Crippen molar-refractivity contribution < 1.29 is 19.1 Å². The number of nitrogens with one attached hydrogen (secondary N) is 1. The summed E-state index contributed by atoms with van der Waals surface area (Å²) in [5, 5.41) is 4.46. The second kappa shape index (κ2) is 11.1. The Morgan fingerprint density at radius 1 is 1.00 bits per heavy atom. The number of rotatable bonds is 8. The minimum atomic E-state index is -0.498. The molecule has 164 valence electrons. The van der Waals surface area contributed by atoms with Gasteiger partial charge in [-0.2, -0.15) is 5.10 Å². The Morgan fingerprint density at radius 2 is 1.72 bits per heavy atom. The van der Waals surface area contributed by atoms with E-state index in [1.807, 2.05) is 24.3 Å². The van der Waals surface area contributed by atoms with E-state index in [4.69, 9.17) is 21.1 Å². The van der Waals surface area contributed by atoms with Gasteiger partial charge in [-0.25, -0.2) is 10.2 Å². The number of carbonyl (C=O) groups excluding carboxylic acids is 2. The summed E-state index contributed by atoms with van der Waals surface area (Å²) in [6.45, 7) is 4.07. The van der Waals surface area contributed by atoms with Crippen molar-refractivity contribution in [3.05, 3.63) is 94.5 Å². The van der Waals surface area contributed by atoms with Crippen molar-refractivity contribution in [2.75, 3.05) is 6.61 Å². The van der Waals surface area contributed by atoms with Crippen LogP contribution >= 0.6 is 11.6 Å². The average molecular weight is 451 g/mol. The molecule has 0 aliphatic heterocycles. The monoisotopic (exact) mass is 450 g/mol. The van der Waals surface area contributed by atoms with Crippen LogP contribution in [0.2, 0.25) is 5.02 Å². The minimum absolute atomic E-state index is 0.156. The third-order valence-electron chi connectivity index (χ3n) is 4.47. The molecule has 3 rings (SSSR count). The number of benzene rings is 3. The quantitative estimate of drug-likeness (QED) is 0.221. The smallest absolute Gasteiger partial charge is 0.343 e. The fourth-order valence-corrected chi connectivity index (χ4v) is 2.85. The Morgan fingerprint density at radius 3 is 2.41 bits per heavy atom. The molecule has 6 nitrogen and oxygen atoms in total. The van der Waals surface area contributed by atoms with Crippen LogP contribution in [-0.2, 0) is 4.79 Å². The molecule has 1 N–H and O–H groups in total. The first kappa shape index (κ1) is 23.0. The van der Waals surface area contributed by atoms with Gasteiger partial charge in [0.25, 0.3) is 5.91 Å². The van der Waals surface area contributed by atoms with Crippen LogP contribution in [-0.4, -0.2) is 24.7 Å². The summed E-state index contributed by atoms with van der Waals surface area (Å²) < 4.78 is 10.8. The molecule has 7 heteroatoms. The van der Waals surface area contributed by atoms with Gasteiger partial charge in [0, 0.05) is 5.02 Å². The lowest BCUT2D eigenvalue weighted by molar-refractivity contribution is -0.123. The van der Waals surface area contributed by atoms with E-state index in [1.54, 1.807) is 48.5 Å².